The van der Waals surface area contributed by atoms with Crippen molar-refractivity contribution in [3.05, 3.63) is 84.2 Å². The van der Waals surface area contributed by atoms with Crippen LogP contribution in [0.4, 0.5) is 5.82 Å². The smallest absolute Gasteiger partial charge is 0.188 e. The summed E-state index contributed by atoms with van der Waals surface area (Å²) in [5, 5.41) is 15.5. The number of nitrogens with two attached hydrogens (primary N) is 1. The lowest BCUT2D eigenvalue weighted by Crippen LogP contribution is -2.39. The first-order valence-corrected chi connectivity index (χ1v) is 17.3. The van der Waals surface area contributed by atoms with Gasteiger partial charge in [-0.05, 0) is 77.8 Å². The lowest BCUT2D eigenvalue weighted by atomic mass is 10.0. The zero-order valence-electron chi connectivity index (χ0n) is 25.1. The number of benzene rings is 2. The van der Waals surface area contributed by atoms with Crippen molar-refractivity contribution in [3.63, 3.8) is 0 Å². The number of aromatic nitrogens is 3. The highest BCUT2D eigenvalue weighted by molar-refractivity contribution is 6.72. The summed E-state index contributed by atoms with van der Waals surface area (Å²) in [6, 6.07) is 20.2. The summed E-state index contributed by atoms with van der Waals surface area (Å²) in [7, 11) is -2.36. The summed E-state index contributed by atoms with van der Waals surface area (Å²) in [5.74, 6) is 1.76. The molecule has 0 radical (unpaired) electrons. The molecule has 0 fully saturated rings. The van der Waals surface area contributed by atoms with Gasteiger partial charge in [-0.3, -0.25) is 4.98 Å². The van der Waals surface area contributed by atoms with Crippen LogP contribution in [0.15, 0.2) is 73.1 Å². The van der Waals surface area contributed by atoms with Gasteiger partial charge in [0.15, 0.2) is 8.32 Å². The van der Waals surface area contributed by atoms with E-state index in [9.17, 15) is 9.90 Å². The quantitative estimate of drug-likeness (QED) is 0.158. The van der Waals surface area contributed by atoms with Crippen molar-refractivity contribution in [3.8, 4) is 28.1 Å². The highest BCUT2D eigenvalue weighted by atomic mass is 28.4. The van der Waals surface area contributed by atoms with E-state index in [-0.39, 0.29) is 11.6 Å². The molecule has 218 valence electrons. The van der Waals surface area contributed by atoms with Crippen LogP contribution in [-0.2, 0) is 13.2 Å². The fourth-order valence-corrected chi connectivity index (χ4v) is 5.37. The van der Waals surface area contributed by atoms with Gasteiger partial charge in [-0.1, -0.05) is 64.1 Å². The Labute approximate surface area is 245 Å². The topological polar surface area (TPSA) is 106 Å². The zero-order chi connectivity index (χ0) is 29.8. The molecule has 4 aromatic rings. The van der Waals surface area contributed by atoms with Gasteiger partial charge in [-0.15, -0.1) is 0 Å². The number of hydrogen-bond donors (Lipinski definition) is 3. The third-order valence-electron chi connectivity index (χ3n) is 8.28. The molecule has 0 aliphatic rings. The van der Waals surface area contributed by atoms with E-state index in [1.165, 1.54) is 5.56 Å². The highest BCUT2D eigenvalue weighted by Crippen LogP contribution is 2.41. The molecule has 2 aromatic heterocycles. The molecule has 0 saturated heterocycles. The number of nitrogens with zero attached hydrogens (tertiary/aromatic N) is 3. The fourth-order valence-electron chi connectivity index (χ4n) is 4.62. The molecule has 0 spiro atoms. The summed E-state index contributed by atoms with van der Waals surface area (Å²) in [6.07, 6.45) is 4.09. The largest absolute Gasteiger partial charge is 0.489 e. The molecule has 0 aliphatic heterocycles. The normalized spacial score (nSPS) is 13.0. The second kappa shape index (κ2) is 12.6. The van der Waals surface area contributed by atoms with Crippen LogP contribution in [0.2, 0.25) is 18.1 Å². The maximum absolute atomic E-state index is 10.9. The minimum atomic E-state index is -2.36. The standard InChI is InChI=1S/C33H44N4O3Si/c1-23(2)25-9-7-24(8-10-25)22-40-29-13-11-26(12-14-29)30-31(27-16-19-35-20-17-27)36-37(32(30)34)21-28(38)15-18-33(3,4)41(5,6)39/h7-14,16-17,19-20,23,28,38-39H,15,18,21-22,34H2,1-6H3. The fraction of sp³-hybridized carbons (Fsp3) is 0.394. The number of aliphatic hydroxyl groups excluding tert-OH is 1. The van der Waals surface area contributed by atoms with Gasteiger partial charge in [0.25, 0.3) is 0 Å². The van der Waals surface area contributed by atoms with E-state index < -0.39 is 14.4 Å². The van der Waals surface area contributed by atoms with Crippen molar-refractivity contribution >= 4 is 14.1 Å². The van der Waals surface area contributed by atoms with E-state index in [1.807, 2.05) is 49.5 Å². The van der Waals surface area contributed by atoms with E-state index in [0.29, 0.717) is 24.8 Å². The maximum Gasteiger partial charge on any atom is 0.188 e. The van der Waals surface area contributed by atoms with Crippen molar-refractivity contribution in [1.82, 2.24) is 14.8 Å². The number of hydrogen-bond acceptors (Lipinski definition) is 6. The van der Waals surface area contributed by atoms with E-state index in [0.717, 1.165) is 40.1 Å². The maximum atomic E-state index is 10.9. The molecule has 0 aliphatic carbocycles. The predicted molar refractivity (Wildman–Crippen MR) is 169 cm³/mol. The van der Waals surface area contributed by atoms with E-state index in [4.69, 9.17) is 15.6 Å². The number of ether oxygens (including phenoxy) is 1. The molecule has 8 heteroatoms. The highest BCUT2D eigenvalue weighted by Gasteiger charge is 2.38. The second-order valence-corrected chi connectivity index (χ2v) is 16.8. The van der Waals surface area contributed by atoms with Gasteiger partial charge in [-0.25, -0.2) is 4.68 Å². The molecule has 0 saturated carbocycles. The molecule has 4 rings (SSSR count). The van der Waals surface area contributed by atoms with Gasteiger partial charge in [0.2, 0.25) is 0 Å². The molecule has 1 unspecified atom stereocenters. The van der Waals surface area contributed by atoms with Crippen LogP contribution in [0.1, 0.15) is 57.6 Å². The van der Waals surface area contributed by atoms with Crippen molar-refractivity contribution in [1.29, 1.82) is 0 Å². The number of pyridine rings is 1. The Morgan fingerprint density at radius 2 is 1.59 bits per heavy atom. The summed E-state index contributed by atoms with van der Waals surface area (Å²) in [5.41, 5.74) is 12.5. The Morgan fingerprint density at radius 1 is 0.951 bits per heavy atom. The Kier molecular flexibility index (Phi) is 9.36. The number of rotatable bonds is 12. The first-order chi connectivity index (χ1) is 19.4. The number of nitrogen functional groups attached to an aromatic ring is 1. The Hall–Kier alpha value is -3.46. The molecular weight excluding hydrogens is 528 g/mol. The van der Waals surface area contributed by atoms with Gasteiger partial charge in [0.05, 0.1) is 18.2 Å². The summed E-state index contributed by atoms with van der Waals surface area (Å²) >= 11 is 0. The van der Waals surface area contributed by atoms with E-state index in [2.05, 4.69) is 56.9 Å². The number of aliphatic hydroxyl groups is 1. The van der Waals surface area contributed by atoms with Crippen LogP contribution < -0.4 is 10.5 Å². The molecule has 41 heavy (non-hydrogen) atoms. The molecule has 2 aromatic carbocycles. The lowest BCUT2D eigenvalue weighted by molar-refractivity contribution is 0.133. The van der Waals surface area contributed by atoms with Crippen molar-refractivity contribution in [2.24, 2.45) is 0 Å². The van der Waals surface area contributed by atoms with Crippen LogP contribution in [-0.4, -0.2) is 39.1 Å². The summed E-state index contributed by atoms with van der Waals surface area (Å²) < 4.78 is 7.75. The van der Waals surface area contributed by atoms with Gasteiger partial charge in [0, 0.05) is 18.0 Å². The Morgan fingerprint density at radius 3 is 2.17 bits per heavy atom. The summed E-state index contributed by atoms with van der Waals surface area (Å²) in [4.78, 5) is 14.8. The van der Waals surface area contributed by atoms with E-state index >= 15 is 0 Å². The third-order valence-corrected chi connectivity index (χ3v) is 11.8. The van der Waals surface area contributed by atoms with Crippen LogP contribution >= 0.6 is 0 Å². The number of anilines is 1. The minimum absolute atomic E-state index is 0.210. The van der Waals surface area contributed by atoms with Gasteiger partial charge in [-0.2, -0.15) is 5.10 Å². The monoisotopic (exact) mass is 572 g/mol. The van der Waals surface area contributed by atoms with Crippen LogP contribution in [0, 0.1) is 0 Å². The molecule has 4 N–H and O–H groups in total. The first-order valence-electron chi connectivity index (χ1n) is 14.3. The van der Waals surface area contributed by atoms with Crippen molar-refractivity contribution in [2.75, 3.05) is 5.73 Å². The first kappa shape index (κ1) is 30.5. The predicted octanol–water partition coefficient (Wildman–Crippen LogP) is 7.02. The second-order valence-electron chi connectivity index (χ2n) is 12.4. The molecule has 2 heterocycles. The summed E-state index contributed by atoms with van der Waals surface area (Å²) in [6.45, 7) is 13.2. The average molecular weight is 573 g/mol. The van der Waals surface area contributed by atoms with Gasteiger partial charge < -0.3 is 20.4 Å². The molecule has 7 nitrogen and oxygen atoms in total. The Bertz CT molecular complexity index is 1410. The molecule has 0 amide bonds. The van der Waals surface area contributed by atoms with Crippen molar-refractivity contribution < 1.29 is 14.6 Å². The molecular formula is C33H44N4O3Si. The molecule has 1 atom stereocenters. The third kappa shape index (κ3) is 7.44. The lowest BCUT2D eigenvalue weighted by Gasteiger charge is -2.35. The average Bonchev–Trinajstić information content (AvgIpc) is 3.26. The Balaban J connectivity index is 1.53. The van der Waals surface area contributed by atoms with Gasteiger partial charge >= 0.3 is 0 Å². The minimum Gasteiger partial charge on any atom is -0.489 e. The molecule has 0 bridgehead atoms. The zero-order valence-corrected chi connectivity index (χ0v) is 26.1. The SMILES string of the molecule is CC(C)c1ccc(COc2ccc(-c3c(-c4ccncc4)nn(CC(O)CCC(C)(C)[Si](C)(C)O)c3N)cc2)cc1. The van der Waals surface area contributed by atoms with E-state index in [1.54, 1.807) is 17.1 Å². The van der Waals surface area contributed by atoms with Crippen LogP contribution in [0.25, 0.3) is 22.4 Å². The van der Waals surface area contributed by atoms with Crippen LogP contribution in [0.3, 0.4) is 0 Å². The van der Waals surface area contributed by atoms with Crippen molar-refractivity contribution in [2.45, 2.75) is 83.8 Å². The van der Waals surface area contributed by atoms with Gasteiger partial charge in [0.1, 0.15) is 23.9 Å². The van der Waals surface area contributed by atoms with Crippen LogP contribution in [0.5, 0.6) is 5.75 Å².